The molecule has 6 nitrogen and oxygen atoms in total. The molecule has 2 heterocycles. The van der Waals surface area contributed by atoms with Crippen molar-refractivity contribution in [3.63, 3.8) is 0 Å². The van der Waals surface area contributed by atoms with E-state index in [0.29, 0.717) is 8.69 Å². The predicted molar refractivity (Wildman–Crippen MR) is 81.2 cm³/mol. The SMILES string of the molecule is O=C(OC(C(F)(F)F)C(F)(F)F)N1CC(N(c2ccc(Br)s2)S(=O)[O-])C1. The van der Waals surface area contributed by atoms with Crippen molar-refractivity contribution in [2.45, 2.75) is 24.5 Å². The Balaban J connectivity index is 2.01. The first-order chi connectivity index (χ1) is 11.8. The summed E-state index contributed by atoms with van der Waals surface area (Å²) in [6, 6.07) is 2.18. The second-order valence-corrected chi connectivity index (χ2v) is 8.30. The molecule has 1 aliphatic heterocycles. The van der Waals surface area contributed by atoms with Gasteiger partial charge in [-0.2, -0.15) is 26.3 Å². The number of hydrogen-bond donors (Lipinski definition) is 0. The van der Waals surface area contributed by atoms with Crippen LogP contribution in [0.1, 0.15) is 0 Å². The number of ether oxygens (including phenoxy) is 1. The molecule has 0 aliphatic carbocycles. The van der Waals surface area contributed by atoms with Gasteiger partial charge in [-0.15, -0.1) is 11.3 Å². The summed E-state index contributed by atoms with van der Waals surface area (Å²) in [7, 11) is 0. The largest absolute Gasteiger partial charge is 0.755 e. The van der Waals surface area contributed by atoms with E-state index in [1.54, 1.807) is 6.07 Å². The maximum Gasteiger partial charge on any atom is 0.434 e. The minimum absolute atomic E-state index is 0.270. The van der Waals surface area contributed by atoms with Gasteiger partial charge in [0.25, 0.3) is 6.10 Å². The van der Waals surface area contributed by atoms with E-state index in [4.69, 9.17) is 0 Å². The molecule has 0 spiro atoms. The Labute approximate surface area is 157 Å². The summed E-state index contributed by atoms with van der Waals surface area (Å²) >= 11 is 1.42. The Kier molecular flexibility index (Phi) is 6.14. The summed E-state index contributed by atoms with van der Waals surface area (Å²) in [6.45, 7) is -0.824. The third kappa shape index (κ3) is 4.80. The van der Waals surface area contributed by atoms with Gasteiger partial charge in [-0.1, -0.05) is 0 Å². The molecule has 1 atom stereocenters. The average molecular weight is 490 g/mol. The molecular formula is C11H8BrF6N2O4S2-. The number of carbonyl (C=O) groups excluding carboxylic acids is 1. The topological polar surface area (TPSA) is 72.9 Å². The van der Waals surface area contributed by atoms with Crippen molar-refractivity contribution in [1.29, 1.82) is 0 Å². The molecule has 1 saturated heterocycles. The number of anilines is 1. The lowest BCUT2D eigenvalue weighted by atomic mass is 10.1. The maximum absolute atomic E-state index is 12.4. The maximum atomic E-state index is 12.4. The lowest BCUT2D eigenvalue weighted by Gasteiger charge is -2.45. The smallest absolute Gasteiger partial charge is 0.434 e. The molecule has 0 radical (unpaired) electrons. The van der Waals surface area contributed by atoms with Gasteiger partial charge in [0.2, 0.25) is 0 Å². The molecule has 1 aliphatic rings. The monoisotopic (exact) mass is 489 g/mol. The van der Waals surface area contributed by atoms with Gasteiger partial charge in [-0.05, 0) is 28.1 Å². The Morgan fingerprint density at radius 2 is 1.85 bits per heavy atom. The zero-order valence-corrected chi connectivity index (χ0v) is 15.4. The summed E-state index contributed by atoms with van der Waals surface area (Å²) in [5.41, 5.74) is 0. The molecule has 15 heteroatoms. The van der Waals surface area contributed by atoms with E-state index in [1.807, 2.05) is 0 Å². The lowest BCUT2D eigenvalue weighted by Crippen LogP contribution is -2.62. The highest BCUT2D eigenvalue weighted by Crippen LogP contribution is 2.37. The van der Waals surface area contributed by atoms with Crippen LogP contribution in [0.15, 0.2) is 15.9 Å². The van der Waals surface area contributed by atoms with Gasteiger partial charge >= 0.3 is 18.4 Å². The van der Waals surface area contributed by atoms with Gasteiger partial charge in [0.05, 0.1) is 9.83 Å². The molecule has 1 amide bonds. The van der Waals surface area contributed by atoms with Crippen LogP contribution in [0.25, 0.3) is 0 Å². The van der Waals surface area contributed by atoms with Crippen LogP contribution >= 0.6 is 27.3 Å². The molecule has 0 N–H and O–H groups in total. The first-order valence-corrected chi connectivity index (χ1v) is 9.17. The second-order valence-electron chi connectivity index (χ2n) is 5.03. The molecule has 1 aromatic rings. The number of halogens is 7. The number of nitrogens with zero attached hydrogens (tertiary/aromatic N) is 2. The Morgan fingerprint density at radius 3 is 2.23 bits per heavy atom. The average Bonchev–Trinajstić information content (AvgIpc) is 2.82. The standard InChI is InChI=1S/C11H9BrF6N2O4S2/c12-6-1-2-7(25-6)20(26(22)23)5-3-19(4-5)9(21)24-8(10(13,14)15)11(16,17)18/h1-2,5,8H,3-4H2,(H,22,23)/p-1. The highest BCUT2D eigenvalue weighted by atomic mass is 79.9. The Morgan fingerprint density at radius 1 is 1.31 bits per heavy atom. The van der Waals surface area contributed by atoms with Gasteiger partial charge < -0.3 is 14.2 Å². The number of amides is 1. The zero-order chi connectivity index (χ0) is 19.9. The summed E-state index contributed by atoms with van der Waals surface area (Å²) in [4.78, 5) is 12.1. The molecule has 1 fully saturated rings. The number of thiophene rings is 1. The Bertz CT molecular complexity index is 677. The summed E-state index contributed by atoms with van der Waals surface area (Å²) in [5.74, 6) is 0. The van der Waals surface area contributed by atoms with E-state index < -0.39 is 54.9 Å². The van der Waals surface area contributed by atoms with Crippen LogP contribution in [0.2, 0.25) is 0 Å². The predicted octanol–water partition coefficient (Wildman–Crippen LogP) is 3.43. The highest BCUT2D eigenvalue weighted by Gasteiger charge is 2.60. The summed E-state index contributed by atoms with van der Waals surface area (Å²) in [6.07, 6.45) is -17.7. The molecule has 0 saturated carbocycles. The molecule has 1 unspecified atom stereocenters. The lowest BCUT2D eigenvalue weighted by molar-refractivity contribution is -0.308. The summed E-state index contributed by atoms with van der Waals surface area (Å²) < 4.78 is 102. The highest BCUT2D eigenvalue weighted by molar-refractivity contribution is 9.11. The van der Waals surface area contributed by atoms with Crippen LogP contribution in [-0.2, 0) is 16.0 Å². The molecule has 148 valence electrons. The second kappa shape index (κ2) is 7.52. The fourth-order valence-electron chi connectivity index (χ4n) is 2.05. The third-order valence-corrected chi connectivity index (χ3v) is 5.76. The van der Waals surface area contributed by atoms with Crippen LogP contribution in [-0.4, -0.2) is 57.3 Å². The number of rotatable bonds is 4. The first kappa shape index (κ1) is 21.2. The number of carbonyl (C=O) groups is 1. The van der Waals surface area contributed by atoms with Crippen molar-refractivity contribution in [1.82, 2.24) is 4.90 Å². The number of hydrogen-bond acceptors (Lipinski definition) is 5. The van der Waals surface area contributed by atoms with E-state index in [-0.39, 0.29) is 5.00 Å². The molecule has 0 bridgehead atoms. The van der Waals surface area contributed by atoms with Gasteiger partial charge in [-0.25, -0.2) is 4.79 Å². The normalized spacial score (nSPS) is 17.2. The fourth-order valence-corrected chi connectivity index (χ4v) is 4.27. The van der Waals surface area contributed by atoms with E-state index in [0.717, 1.165) is 15.6 Å². The summed E-state index contributed by atoms with van der Waals surface area (Å²) in [5, 5.41) is 0.270. The van der Waals surface area contributed by atoms with Crippen molar-refractivity contribution < 1.29 is 44.6 Å². The van der Waals surface area contributed by atoms with Crippen LogP contribution in [0.5, 0.6) is 0 Å². The zero-order valence-electron chi connectivity index (χ0n) is 12.2. The van der Waals surface area contributed by atoms with Gasteiger partial charge in [-0.3, -0.25) is 8.51 Å². The fraction of sp³-hybridized carbons (Fsp3) is 0.545. The Hall–Kier alpha value is -1.06. The van der Waals surface area contributed by atoms with Gasteiger partial charge in [0.1, 0.15) is 5.00 Å². The quantitative estimate of drug-likeness (QED) is 0.479. The number of alkyl halides is 6. The molecule has 2 rings (SSSR count). The molecule has 26 heavy (non-hydrogen) atoms. The minimum Gasteiger partial charge on any atom is -0.755 e. The number of likely N-dealkylation sites (tertiary alicyclic amines) is 1. The van der Waals surface area contributed by atoms with Crippen molar-refractivity contribution in [2.24, 2.45) is 0 Å². The van der Waals surface area contributed by atoms with Crippen LogP contribution in [0.3, 0.4) is 0 Å². The van der Waals surface area contributed by atoms with Gasteiger partial charge in [0.15, 0.2) is 0 Å². The minimum atomic E-state index is -5.82. The van der Waals surface area contributed by atoms with E-state index in [9.17, 15) is 39.9 Å². The van der Waals surface area contributed by atoms with Crippen LogP contribution < -0.4 is 4.31 Å². The van der Waals surface area contributed by atoms with Crippen molar-refractivity contribution in [3.05, 3.63) is 15.9 Å². The third-order valence-electron chi connectivity index (χ3n) is 3.20. The van der Waals surface area contributed by atoms with E-state index >= 15 is 0 Å². The van der Waals surface area contributed by atoms with Crippen LogP contribution in [0, 0.1) is 0 Å². The van der Waals surface area contributed by atoms with E-state index in [2.05, 4.69) is 20.7 Å². The van der Waals surface area contributed by atoms with Gasteiger partial charge in [0, 0.05) is 24.4 Å². The molecule has 1 aromatic heterocycles. The van der Waals surface area contributed by atoms with Crippen molar-refractivity contribution in [3.8, 4) is 0 Å². The van der Waals surface area contributed by atoms with E-state index in [1.165, 1.54) is 6.07 Å². The van der Waals surface area contributed by atoms with Crippen molar-refractivity contribution in [2.75, 3.05) is 17.4 Å². The van der Waals surface area contributed by atoms with Crippen molar-refractivity contribution >= 4 is 49.6 Å². The molecular weight excluding hydrogens is 482 g/mol. The first-order valence-electron chi connectivity index (χ1n) is 6.53. The van der Waals surface area contributed by atoms with Crippen LogP contribution in [0.4, 0.5) is 36.1 Å². The molecule has 0 aromatic carbocycles.